The second kappa shape index (κ2) is 9.15. The molecular weight excluding hydrogens is 212 g/mol. The molecule has 1 aliphatic rings. The fourth-order valence-corrected chi connectivity index (χ4v) is 2.14. The smallest absolute Gasteiger partial charge is 0.198 e. The molecule has 0 fully saturated rings. The maximum atomic E-state index is 11.5. The molecule has 0 saturated heterocycles. The molecular formula is C15H24O2. The van der Waals surface area contributed by atoms with Gasteiger partial charge in [0.1, 0.15) is 0 Å². The molecule has 2 nitrogen and oxygen atoms in total. The van der Waals surface area contributed by atoms with Crippen LogP contribution in [0.1, 0.15) is 70.6 Å². The van der Waals surface area contributed by atoms with E-state index in [1.165, 1.54) is 12.8 Å². The summed E-state index contributed by atoms with van der Waals surface area (Å²) < 4.78 is 0. The van der Waals surface area contributed by atoms with E-state index < -0.39 is 0 Å². The van der Waals surface area contributed by atoms with Gasteiger partial charge in [-0.25, -0.2) is 0 Å². The molecule has 0 N–H and O–H groups in total. The Morgan fingerprint density at radius 1 is 0.588 bits per heavy atom. The Kier molecular flexibility index (Phi) is 7.61. The number of hydrogen-bond donors (Lipinski definition) is 0. The largest absolute Gasteiger partial charge is 0.291 e. The van der Waals surface area contributed by atoms with Gasteiger partial charge in [0.25, 0.3) is 0 Å². The fourth-order valence-electron chi connectivity index (χ4n) is 2.14. The van der Waals surface area contributed by atoms with E-state index in [9.17, 15) is 9.59 Å². The van der Waals surface area contributed by atoms with Crippen LogP contribution in [-0.4, -0.2) is 11.6 Å². The average molecular weight is 236 g/mol. The van der Waals surface area contributed by atoms with Gasteiger partial charge in [0.2, 0.25) is 0 Å². The third-order valence-corrected chi connectivity index (χ3v) is 3.28. The number of rotatable bonds is 0. The minimum Gasteiger partial charge on any atom is -0.291 e. The van der Waals surface area contributed by atoms with Crippen LogP contribution in [0.5, 0.6) is 0 Å². The molecule has 1 aliphatic carbocycles. The average Bonchev–Trinajstić information content (AvgIpc) is 2.34. The molecule has 0 spiro atoms. The standard InChI is InChI=1S/C15H24O2/c16-14-12-10-8-6-4-2-1-3-5-7-9-11-13-15(14)17/h1-2H,3-13H2. The van der Waals surface area contributed by atoms with Crippen molar-refractivity contribution in [2.45, 2.75) is 70.6 Å². The van der Waals surface area contributed by atoms with Crippen LogP contribution in [0.25, 0.3) is 0 Å². The Balaban J connectivity index is 2.32. The Hall–Kier alpha value is -0.920. The van der Waals surface area contributed by atoms with Crippen molar-refractivity contribution < 1.29 is 9.59 Å². The predicted molar refractivity (Wildman–Crippen MR) is 69.9 cm³/mol. The van der Waals surface area contributed by atoms with E-state index >= 15 is 0 Å². The number of hydrogen-bond acceptors (Lipinski definition) is 2. The highest BCUT2D eigenvalue weighted by Gasteiger charge is 2.12. The SMILES string of the molecule is O=C1CCCCCC=CCCCCCCC1=O. The summed E-state index contributed by atoms with van der Waals surface area (Å²) in [5, 5.41) is 0. The summed E-state index contributed by atoms with van der Waals surface area (Å²) in [7, 11) is 0. The van der Waals surface area contributed by atoms with Crippen LogP contribution in [0.2, 0.25) is 0 Å². The normalized spacial score (nSPS) is 21.9. The van der Waals surface area contributed by atoms with Crippen molar-refractivity contribution in [1.29, 1.82) is 0 Å². The maximum absolute atomic E-state index is 11.5. The molecule has 0 heterocycles. The summed E-state index contributed by atoms with van der Waals surface area (Å²) >= 11 is 0. The van der Waals surface area contributed by atoms with Crippen LogP contribution in [0, 0.1) is 0 Å². The topological polar surface area (TPSA) is 34.1 Å². The molecule has 0 radical (unpaired) electrons. The van der Waals surface area contributed by atoms with Crippen LogP contribution >= 0.6 is 0 Å². The molecule has 0 saturated carbocycles. The van der Waals surface area contributed by atoms with Gasteiger partial charge in [-0.1, -0.05) is 31.4 Å². The number of ketones is 2. The van der Waals surface area contributed by atoms with Gasteiger partial charge in [-0.15, -0.1) is 0 Å². The second-order valence-corrected chi connectivity index (χ2v) is 4.87. The fraction of sp³-hybridized carbons (Fsp3) is 0.733. The Morgan fingerprint density at radius 3 is 1.53 bits per heavy atom. The summed E-state index contributed by atoms with van der Waals surface area (Å²) in [6.45, 7) is 0. The first-order valence-corrected chi connectivity index (χ1v) is 7.02. The van der Waals surface area contributed by atoms with Crippen LogP contribution in [0.4, 0.5) is 0 Å². The van der Waals surface area contributed by atoms with Gasteiger partial charge in [0.15, 0.2) is 11.6 Å². The summed E-state index contributed by atoms with van der Waals surface area (Å²) in [6, 6.07) is 0. The summed E-state index contributed by atoms with van der Waals surface area (Å²) in [6.07, 6.45) is 15.1. The summed E-state index contributed by atoms with van der Waals surface area (Å²) in [5.41, 5.74) is 0. The van der Waals surface area contributed by atoms with Crippen molar-refractivity contribution in [3.8, 4) is 0 Å². The van der Waals surface area contributed by atoms with Gasteiger partial charge in [-0.05, 0) is 38.5 Å². The number of carbonyl (C=O) groups is 2. The first-order valence-electron chi connectivity index (χ1n) is 7.02. The van der Waals surface area contributed by atoms with Gasteiger partial charge >= 0.3 is 0 Å². The molecule has 0 atom stereocenters. The molecule has 0 amide bonds. The van der Waals surface area contributed by atoms with Crippen molar-refractivity contribution in [3.63, 3.8) is 0 Å². The molecule has 96 valence electrons. The zero-order chi connectivity index (χ0) is 12.3. The van der Waals surface area contributed by atoms with Crippen molar-refractivity contribution in [2.24, 2.45) is 0 Å². The van der Waals surface area contributed by atoms with E-state index in [1.54, 1.807) is 0 Å². The lowest BCUT2D eigenvalue weighted by Gasteiger charge is -2.00. The predicted octanol–water partition coefficient (Wildman–Crippen LogP) is 3.99. The zero-order valence-corrected chi connectivity index (χ0v) is 10.7. The Labute approximate surface area is 104 Å². The monoisotopic (exact) mass is 236 g/mol. The third kappa shape index (κ3) is 7.09. The highest BCUT2D eigenvalue weighted by Crippen LogP contribution is 2.10. The Bertz CT molecular complexity index is 266. The molecule has 0 aromatic carbocycles. The summed E-state index contributed by atoms with van der Waals surface area (Å²) in [5.74, 6) is -0.284. The highest BCUT2D eigenvalue weighted by molar-refractivity contribution is 6.37. The van der Waals surface area contributed by atoms with Crippen LogP contribution < -0.4 is 0 Å². The van der Waals surface area contributed by atoms with E-state index in [4.69, 9.17) is 0 Å². The van der Waals surface area contributed by atoms with E-state index in [2.05, 4.69) is 12.2 Å². The molecule has 2 heteroatoms. The Morgan fingerprint density at radius 2 is 1.00 bits per heavy atom. The number of Topliss-reactive ketones (excluding diaryl/α,β-unsaturated/α-hetero) is 2. The lowest BCUT2D eigenvalue weighted by molar-refractivity contribution is -0.136. The summed E-state index contributed by atoms with van der Waals surface area (Å²) in [4.78, 5) is 23.0. The molecule has 17 heavy (non-hydrogen) atoms. The lowest BCUT2D eigenvalue weighted by atomic mass is 10.0. The van der Waals surface area contributed by atoms with Gasteiger partial charge in [-0.2, -0.15) is 0 Å². The number of allylic oxidation sites excluding steroid dienone is 2. The van der Waals surface area contributed by atoms with Crippen molar-refractivity contribution in [1.82, 2.24) is 0 Å². The van der Waals surface area contributed by atoms with Gasteiger partial charge in [-0.3, -0.25) is 9.59 Å². The molecule has 0 bridgehead atoms. The minimum absolute atomic E-state index is 0.141. The van der Waals surface area contributed by atoms with E-state index in [-0.39, 0.29) is 11.6 Å². The number of carbonyl (C=O) groups excluding carboxylic acids is 2. The van der Waals surface area contributed by atoms with E-state index in [0.717, 1.165) is 44.9 Å². The van der Waals surface area contributed by atoms with Crippen molar-refractivity contribution in [2.75, 3.05) is 0 Å². The molecule has 0 unspecified atom stereocenters. The molecule has 0 aromatic rings. The first-order chi connectivity index (χ1) is 8.30. The minimum atomic E-state index is -0.143. The third-order valence-electron chi connectivity index (χ3n) is 3.28. The lowest BCUT2D eigenvalue weighted by Crippen LogP contribution is -2.13. The van der Waals surface area contributed by atoms with Gasteiger partial charge in [0.05, 0.1) is 0 Å². The molecule has 0 aliphatic heterocycles. The van der Waals surface area contributed by atoms with E-state index in [1.807, 2.05) is 0 Å². The van der Waals surface area contributed by atoms with Crippen molar-refractivity contribution in [3.05, 3.63) is 12.2 Å². The van der Waals surface area contributed by atoms with Gasteiger partial charge < -0.3 is 0 Å². The zero-order valence-electron chi connectivity index (χ0n) is 10.7. The van der Waals surface area contributed by atoms with Crippen LogP contribution in [-0.2, 0) is 9.59 Å². The second-order valence-electron chi connectivity index (χ2n) is 4.87. The molecule has 1 rings (SSSR count). The maximum Gasteiger partial charge on any atom is 0.198 e. The van der Waals surface area contributed by atoms with E-state index in [0.29, 0.717) is 12.8 Å². The first kappa shape index (κ1) is 14.1. The quantitative estimate of drug-likeness (QED) is 0.471. The van der Waals surface area contributed by atoms with Crippen LogP contribution in [0.15, 0.2) is 12.2 Å². The highest BCUT2D eigenvalue weighted by atomic mass is 16.2. The van der Waals surface area contributed by atoms with Crippen LogP contribution in [0.3, 0.4) is 0 Å². The molecule has 0 aromatic heterocycles. The van der Waals surface area contributed by atoms with Crippen molar-refractivity contribution >= 4 is 11.6 Å². The van der Waals surface area contributed by atoms with Gasteiger partial charge in [0, 0.05) is 12.8 Å².